The lowest BCUT2D eigenvalue weighted by molar-refractivity contribution is 0.0225. The second-order valence-corrected chi connectivity index (χ2v) is 5.64. The van der Waals surface area contributed by atoms with Crippen molar-refractivity contribution in [3.8, 4) is 11.8 Å². The minimum absolute atomic E-state index is 0.327. The molecule has 1 aliphatic rings. The summed E-state index contributed by atoms with van der Waals surface area (Å²) >= 11 is 0. The van der Waals surface area contributed by atoms with Gasteiger partial charge in [-0.15, -0.1) is 0 Å². The van der Waals surface area contributed by atoms with Crippen LogP contribution in [0.3, 0.4) is 0 Å². The van der Waals surface area contributed by atoms with E-state index in [4.69, 9.17) is 14.7 Å². The standard InChI is InChI=1S/C15H18N2O3/c1-15(2,3)20-14(18)17-7-8-19-13-6-4-5-11(9-16)12(13)10-17/h4-6H,7-8,10H2,1-3H3. The molecule has 5 heteroatoms. The van der Waals surface area contributed by atoms with Crippen molar-refractivity contribution in [3.63, 3.8) is 0 Å². The number of hydrogen-bond acceptors (Lipinski definition) is 4. The molecule has 106 valence electrons. The SMILES string of the molecule is CC(C)(C)OC(=O)N1CCOc2cccc(C#N)c2C1. The van der Waals surface area contributed by atoms with Gasteiger partial charge in [-0.3, -0.25) is 0 Å². The van der Waals surface area contributed by atoms with Crippen LogP contribution in [0, 0.1) is 11.3 Å². The summed E-state index contributed by atoms with van der Waals surface area (Å²) in [5.74, 6) is 0.662. The zero-order valence-electron chi connectivity index (χ0n) is 12.0. The Morgan fingerprint density at radius 3 is 2.85 bits per heavy atom. The average molecular weight is 274 g/mol. The molecule has 20 heavy (non-hydrogen) atoms. The second-order valence-electron chi connectivity index (χ2n) is 5.64. The molecule has 0 aromatic heterocycles. The van der Waals surface area contributed by atoms with Gasteiger partial charge in [-0.2, -0.15) is 5.26 Å². The minimum atomic E-state index is -0.540. The normalized spacial score (nSPS) is 14.6. The van der Waals surface area contributed by atoms with E-state index in [2.05, 4.69) is 6.07 Å². The molecule has 1 aromatic rings. The lowest BCUT2D eigenvalue weighted by Crippen LogP contribution is -2.37. The number of carbonyl (C=O) groups is 1. The molecule has 5 nitrogen and oxygen atoms in total. The topological polar surface area (TPSA) is 62.6 Å². The van der Waals surface area contributed by atoms with Gasteiger partial charge in [0.25, 0.3) is 0 Å². The number of rotatable bonds is 0. The zero-order chi connectivity index (χ0) is 14.8. The molecule has 1 aliphatic heterocycles. The van der Waals surface area contributed by atoms with Gasteiger partial charge in [-0.1, -0.05) is 6.07 Å². The first-order chi connectivity index (χ1) is 9.40. The van der Waals surface area contributed by atoms with Crippen molar-refractivity contribution >= 4 is 6.09 Å². The quantitative estimate of drug-likeness (QED) is 0.729. The molecule has 1 amide bonds. The van der Waals surface area contributed by atoms with Crippen molar-refractivity contribution in [1.29, 1.82) is 5.26 Å². The number of carbonyl (C=O) groups excluding carboxylic acids is 1. The van der Waals surface area contributed by atoms with Gasteiger partial charge >= 0.3 is 6.09 Å². The van der Waals surface area contributed by atoms with Gasteiger partial charge in [0.1, 0.15) is 18.0 Å². The largest absolute Gasteiger partial charge is 0.491 e. The summed E-state index contributed by atoms with van der Waals surface area (Å²) in [6, 6.07) is 7.45. The Labute approximate surface area is 118 Å². The van der Waals surface area contributed by atoms with Crippen molar-refractivity contribution in [2.45, 2.75) is 32.9 Å². The van der Waals surface area contributed by atoms with Crippen LogP contribution in [0.5, 0.6) is 5.75 Å². The van der Waals surface area contributed by atoms with Crippen molar-refractivity contribution in [1.82, 2.24) is 4.90 Å². The Bertz CT molecular complexity index is 555. The molecule has 0 atom stereocenters. The summed E-state index contributed by atoms with van der Waals surface area (Å²) in [5.41, 5.74) is 0.721. The van der Waals surface area contributed by atoms with Crippen LogP contribution in [-0.4, -0.2) is 29.7 Å². The van der Waals surface area contributed by atoms with Crippen molar-refractivity contribution in [2.75, 3.05) is 13.2 Å². The van der Waals surface area contributed by atoms with Gasteiger partial charge in [-0.25, -0.2) is 4.79 Å². The molecule has 0 fully saturated rings. The molecular weight excluding hydrogens is 256 g/mol. The van der Waals surface area contributed by atoms with E-state index in [1.807, 2.05) is 26.8 Å². The van der Waals surface area contributed by atoms with E-state index < -0.39 is 5.60 Å². The van der Waals surface area contributed by atoms with E-state index in [0.717, 1.165) is 5.56 Å². The summed E-state index contributed by atoms with van der Waals surface area (Å²) in [4.78, 5) is 13.7. The van der Waals surface area contributed by atoms with E-state index in [1.54, 1.807) is 17.0 Å². The number of fused-ring (bicyclic) bond motifs is 1. The van der Waals surface area contributed by atoms with Gasteiger partial charge in [0.05, 0.1) is 24.7 Å². The molecular formula is C15H18N2O3. The van der Waals surface area contributed by atoms with Gasteiger partial charge in [-0.05, 0) is 32.9 Å². The number of amides is 1. The Kier molecular flexibility index (Phi) is 3.84. The summed E-state index contributed by atoms with van der Waals surface area (Å²) in [6.07, 6.45) is -0.387. The van der Waals surface area contributed by atoms with Crippen LogP contribution in [0.1, 0.15) is 31.9 Å². The summed E-state index contributed by atoms with van der Waals surface area (Å²) < 4.78 is 11.0. The third-order valence-corrected chi connectivity index (χ3v) is 2.87. The van der Waals surface area contributed by atoms with Crippen LogP contribution in [0.15, 0.2) is 18.2 Å². The first kappa shape index (κ1) is 14.2. The molecule has 0 spiro atoms. The lowest BCUT2D eigenvalue weighted by atomic mass is 10.1. The van der Waals surface area contributed by atoms with E-state index >= 15 is 0 Å². The summed E-state index contributed by atoms with van der Waals surface area (Å²) in [5, 5.41) is 9.16. The zero-order valence-corrected chi connectivity index (χ0v) is 12.0. The van der Waals surface area contributed by atoms with Gasteiger partial charge in [0, 0.05) is 5.56 Å². The number of benzene rings is 1. The van der Waals surface area contributed by atoms with Gasteiger partial charge in [0.2, 0.25) is 0 Å². The highest BCUT2D eigenvalue weighted by Gasteiger charge is 2.26. The number of ether oxygens (including phenoxy) is 2. The van der Waals surface area contributed by atoms with Gasteiger partial charge in [0.15, 0.2) is 0 Å². The average Bonchev–Trinajstić information content (AvgIpc) is 2.58. The predicted octanol–water partition coefficient (Wildman–Crippen LogP) is 2.69. The number of hydrogen-bond donors (Lipinski definition) is 0. The molecule has 0 saturated carbocycles. The molecule has 0 unspecified atom stereocenters. The highest BCUT2D eigenvalue weighted by atomic mass is 16.6. The molecule has 0 aliphatic carbocycles. The maximum Gasteiger partial charge on any atom is 0.410 e. The fourth-order valence-electron chi connectivity index (χ4n) is 1.99. The van der Waals surface area contributed by atoms with E-state index in [1.165, 1.54) is 0 Å². The van der Waals surface area contributed by atoms with Crippen molar-refractivity contribution < 1.29 is 14.3 Å². The molecule has 1 aromatic carbocycles. The molecule has 2 rings (SSSR count). The van der Waals surface area contributed by atoms with Crippen LogP contribution in [0.4, 0.5) is 4.79 Å². The molecule has 0 N–H and O–H groups in total. The summed E-state index contributed by atoms with van der Waals surface area (Å²) in [6.45, 7) is 6.64. The van der Waals surface area contributed by atoms with Crippen LogP contribution in [0.25, 0.3) is 0 Å². The van der Waals surface area contributed by atoms with Crippen LogP contribution in [-0.2, 0) is 11.3 Å². The van der Waals surface area contributed by atoms with E-state index in [9.17, 15) is 4.79 Å². The first-order valence-corrected chi connectivity index (χ1v) is 6.53. The Morgan fingerprint density at radius 1 is 1.45 bits per heavy atom. The van der Waals surface area contributed by atoms with Crippen molar-refractivity contribution in [2.24, 2.45) is 0 Å². The van der Waals surface area contributed by atoms with Crippen molar-refractivity contribution in [3.05, 3.63) is 29.3 Å². The maximum atomic E-state index is 12.1. The highest BCUT2D eigenvalue weighted by Crippen LogP contribution is 2.26. The molecule has 0 radical (unpaired) electrons. The number of nitrogens with zero attached hydrogens (tertiary/aromatic N) is 2. The highest BCUT2D eigenvalue weighted by molar-refractivity contribution is 5.68. The van der Waals surface area contributed by atoms with Crippen LogP contribution >= 0.6 is 0 Å². The third-order valence-electron chi connectivity index (χ3n) is 2.87. The molecule has 0 bridgehead atoms. The molecule has 0 saturated heterocycles. The maximum absolute atomic E-state index is 12.1. The smallest absolute Gasteiger partial charge is 0.410 e. The van der Waals surface area contributed by atoms with E-state index in [0.29, 0.717) is 31.0 Å². The lowest BCUT2D eigenvalue weighted by Gasteiger charge is -2.26. The second kappa shape index (κ2) is 5.41. The summed E-state index contributed by atoms with van der Waals surface area (Å²) in [7, 11) is 0. The monoisotopic (exact) mass is 274 g/mol. The minimum Gasteiger partial charge on any atom is -0.491 e. The fraction of sp³-hybridized carbons (Fsp3) is 0.467. The molecule has 1 heterocycles. The van der Waals surface area contributed by atoms with Crippen LogP contribution in [0.2, 0.25) is 0 Å². The van der Waals surface area contributed by atoms with Gasteiger partial charge < -0.3 is 14.4 Å². The third kappa shape index (κ3) is 3.21. The Morgan fingerprint density at radius 2 is 2.20 bits per heavy atom. The Balaban J connectivity index is 2.24. The Hall–Kier alpha value is -2.22. The fourth-order valence-corrected chi connectivity index (χ4v) is 1.99. The predicted molar refractivity (Wildman–Crippen MR) is 73.3 cm³/mol. The van der Waals surface area contributed by atoms with E-state index in [-0.39, 0.29) is 6.09 Å². The first-order valence-electron chi connectivity index (χ1n) is 6.53. The number of nitriles is 1. The van der Waals surface area contributed by atoms with Crippen LogP contribution < -0.4 is 4.74 Å².